The summed E-state index contributed by atoms with van der Waals surface area (Å²) in [5.41, 5.74) is -0.302. The highest BCUT2D eigenvalue weighted by atomic mass is 79.9. The zero-order chi connectivity index (χ0) is 32.3. The summed E-state index contributed by atoms with van der Waals surface area (Å²) in [7, 11) is 1.78. The number of nitrogens with zero attached hydrogens (tertiary/aromatic N) is 6. The van der Waals surface area contributed by atoms with Crippen LogP contribution in [-0.2, 0) is 16.1 Å². The van der Waals surface area contributed by atoms with E-state index in [9.17, 15) is 19.7 Å². The summed E-state index contributed by atoms with van der Waals surface area (Å²) < 4.78 is 6.16. The number of aromatic nitrogens is 3. The second-order valence-electron chi connectivity index (χ2n) is 11.1. The molecule has 2 saturated heterocycles. The van der Waals surface area contributed by atoms with Crippen molar-refractivity contribution in [2.24, 2.45) is 0 Å². The van der Waals surface area contributed by atoms with Crippen molar-refractivity contribution in [3.63, 3.8) is 0 Å². The number of benzene rings is 1. The van der Waals surface area contributed by atoms with Gasteiger partial charge in [0.05, 0.1) is 28.4 Å². The van der Waals surface area contributed by atoms with Crippen molar-refractivity contribution in [3.8, 4) is 0 Å². The van der Waals surface area contributed by atoms with E-state index in [1.165, 1.54) is 24.4 Å². The zero-order valence-corrected chi connectivity index (χ0v) is 27.3. The first-order chi connectivity index (χ1) is 21.5. The third-order valence-electron chi connectivity index (χ3n) is 7.75. The monoisotopic (exact) mass is 701 g/mol. The molecule has 238 valence electrons. The summed E-state index contributed by atoms with van der Waals surface area (Å²) in [6, 6.07) is 6.27. The average Bonchev–Trinajstić information content (AvgIpc) is 3.39. The van der Waals surface area contributed by atoms with Crippen molar-refractivity contribution in [2.45, 2.75) is 51.1 Å². The van der Waals surface area contributed by atoms with Gasteiger partial charge in [-0.05, 0) is 62.1 Å². The lowest BCUT2D eigenvalue weighted by Gasteiger charge is -2.39. The molecule has 0 saturated carbocycles. The van der Waals surface area contributed by atoms with E-state index in [2.05, 4.69) is 46.8 Å². The van der Waals surface area contributed by atoms with Gasteiger partial charge in [0.25, 0.3) is 17.5 Å². The normalized spacial score (nSPS) is 21.8. The minimum atomic E-state index is -1.54. The largest absolute Gasteiger partial charge is 0.387 e. The number of amides is 2. The van der Waals surface area contributed by atoms with Crippen LogP contribution in [0.5, 0.6) is 0 Å². The Hall–Kier alpha value is -3.92. The SMILES string of the molecule is CNc1cncc(CN2CCCC2(Nc2c(C(=O)N3C[C@@H](C)O[C@@H](C)C3)cc(Br)cc2[N+](=O)[O-])C(=O)Nc2ccnc(Cl)n2)c1. The van der Waals surface area contributed by atoms with Gasteiger partial charge in [0.2, 0.25) is 5.28 Å². The van der Waals surface area contributed by atoms with E-state index in [0.29, 0.717) is 30.5 Å². The molecule has 45 heavy (non-hydrogen) atoms. The summed E-state index contributed by atoms with van der Waals surface area (Å²) in [6.45, 7) is 5.10. The number of hydrogen-bond acceptors (Lipinski definition) is 11. The molecule has 3 N–H and O–H groups in total. The molecule has 2 aromatic heterocycles. The predicted molar refractivity (Wildman–Crippen MR) is 172 cm³/mol. The maximum atomic E-state index is 14.4. The Morgan fingerprint density at radius 3 is 2.67 bits per heavy atom. The number of ether oxygens (including phenoxy) is 1. The molecule has 4 heterocycles. The zero-order valence-electron chi connectivity index (χ0n) is 24.9. The molecule has 0 aliphatic carbocycles. The number of hydrogen-bond donors (Lipinski definition) is 3. The van der Waals surface area contributed by atoms with Gasteiger partial charge in [0, 0.05) is 62.4 Å². The van der Waals surface area contributed by atoms with E-state index in [1.54, 1.807) is 24.3 Å². The maximum absolute atomic E-state index is 14.4. The second kappa shape index (κ2) is 13.6. The van der Waals surface area contributed by atoms with Crippen LogP contribution in [0.15, 0.2) is 47.3 Å². The van der Waals surface area contributed by atoms with Crippen LogP contribution in [0.4, 0.5) is 22.9 Å². The fraction of sp³-hybridized carbons (Fsp3) is 0.414. The summed E-state index contributed by atoms with van der Waals surface area (Å²) in [4.78, 5) is 56.2. The Balaban J connectivity index is 1.61. The molecule has 16 heteroatoms. The van der Waals surface area contributed by atoms with Crippen molar-refractivity contribution in [2.75, 3.05) is 42.6 Å². The third-order valence-corrected chi connectivity index (χ3v) is 8.39. The first kappa shape index (κ1) is 32.5. The van der Waals surface area contributed by atoms with Crippen LogP contribution in [0.25, 0.3) is 0 Å². The summed E-state index contributed by atoms with van der Waals surface area (Å²) in [5, 5.41) is 21.5. The molecule has 3 atom stereocenters. The molecule has 0 bridgehead atoms. The van der Waals surface area contributed by atoms with Crippen molar-refractivity contribution in [1.29, 1.82) is 0 Å². The minimum absolute atomic E-state index is 0.0559. The summed E-state index contributed by atoms with van der Waals surface area (Å²) >= 11 is 9.34. The minimum Gasteiger partial charge on any atom is -0.387 e. The summed E-state index contributed by atoms with van der Waals surface area (Å²) in [5.74, 6) is -0.793. The molecule has 3 aromatic rings. The Kier molecular flexibility index (Phi) is 9.82. The molecule has 2 aliphatic heterocycles. The molecular formula is C29H33BrClN9O5. The fourth-order valence-electron chi connectivity index (χ4n) is 5.86. The van der Waals surface area contributed by atoms with Crippen molar-refractivity contribution in [3.05, 3.63) is 73.9 Å². The Morgan fingerprint density at radius 2 is 1.98 bits per heavy atom. The number of carbonyl (C=O) groups is 2. The van der Waals surface area contributed by atoms with Crippen LogP contribution in [0.3, 0.4) is 0 Å². The van der Waals surface area contributed by atoms with Crippen LogP contribution >= 0.6 is 27.5 Å². The number of nitrogens with one attached hydrogen (secondary N) is 3. The lowest BCUT2D eigenvalue weighted by molar-refractivity contribution is -0.384. The number of carbonyl (C=O) groups excluding carboxylic acids is 2. The van der Waals surface area contributed by atoms with Gasteiger partial charge in [0.1, 0.15) is 11.5 Å². The number of nitro benzene ring substituents is 1. The van der Waals surface area contributed by atoms with Gasteiger partial charge in [-0.1, -0.05) is 15.9 Å². The number of anilines is 3. The van der Waals surface area contributed by atoms with Crippen LogP contribution in [0, 0.1) is 10.1 Å². The Bertz CT molecular complexity index is 1600. The lowest BCUT2D eigenvalue weighted by Crippen LogP contribution is -2.58. The van der Waals surface area contributed by atoms with Crippen molar-refractivity contribution < 1.29 is 19.2 Å². The highest BCUT2D eigenvalue weighted by Gasteiger charge is 2.49. The molecule has 5 rings (SSSR count). The van der Waals surface area contributed by atoms with Crippen molar-refractivity contribution in [1.82, 2.24) is 24.8 Å². The molecule has 2 amide bonds. The van der Waals surface area contributed by atoms with Crippen LogP contribution in [0.2, 0.25) is 5.28 Å². The molecule has 0 radical (unpaired) electrons. The third kappa shape index (κ3) is 7.16. The van der Waals surface area contributed by atoms with E-state index in [-0.39, 0.29) is 53.2 Å². The van der Waals surface area contributed by atoms with Gasteiger partial charge in [0.15, 0.2) is 5.66 Å². The van der Waals surface area contributed by atoms with Crippen molar-refractivity contribution >= 4 is 62.2 Å². The molecular weight excluding hydrogens is 670 g/mol. The highest BCUT2D eigenvalue weighted by molar-refractivity contribution is 9.10. The van der Waals surface area contributed by atoms with Gasteiger partial charge in [-0.2, -0.15) is 0 Å². The number of morpholine rings is 1. The van der Waals surface area contributed by atoms with Crippen LogP contribution in [-0.4, -0.2) is 86.0 Å². The Morgan fingerprint density at radius 1 is 1.22 bits per heavy atom. The molecule has 14 nitrogen and oxygen atoms in total. The first-order valence-corrected chi connectivity index (χ1v) is 15.5. The standard InChI is InChI=1S/C29H33BrClN9O5/c1-17-14-38(15-18(2)45-17)26(41)22-10-20(30)11-23(40(43)44)25(22)37-29(27(42)35-24-5-7-34-28(31)36-24)6-4-8-39(29)16-19-9-21(32-3)13-33-12-19/h5,7,9-13,17-18,32,37H,4,6,8,14-16H2,1-3H3,(H,34,35,36,42)/t17-,18+,29?. The molecule has 2 aliphatic rings. The van der Waals surface area contributed by atoms with E-state index in [0.717, 1.165) is 11.3 Å². The lowest BCUT2D eigenvalue weighted by atomic mass is 10.0. The van der Waals surface area contributed by atoms with Gasteiger partial charge in [-0.15, -0.1) is 0 Å². The van der Waals surface area contributed by atoms with Gasteiger partial charge in [-0.25, -0.2) is 9.97 Å². The van der Waals surface area contributed by atoms with E-state index in [1.807, 2.05) is 24.8 Å². The smallest absolute Gasteiger partial charge is 0.294 e. The second-order valence-corrected chi connectivity index (χ2v) is 12.3. The van der Waals surface area contributed by atoms with Gasteiger partial charge >= 0.3 is 0 Å². The quantitative estimate of drug-likeness (QED) is 0.163. The van der Waals surface area contributed by atoms with E-state index >= 15 is 0 Å². The predicted octanol–water partition coefficient (Wildman–Crippen LogP) is 4.53. The number of rotatable bonds is 9. The van der Waals surface area contributed by atoms with Crippen LogP contribution in [0.1, 0.15) is 42.6 Å². The number of halogens is 2. The van der Waals surface area contributed by atoms with Gasteiger partial charge < -0.3 is 25.6 Å². The number of likely N-dealkylation sites (tertiary alicyclic amines) is 1. The molecule has 1 unspecified atom stereocenters. The molecule has 2 fully saturated rings. The topological polar surface area (TPSA) is 168 Å². The van der Waals surface area contributed by atoms with E-state index in [4.69, 9.17) is 16.3 Å². The van der Waals surface area contributed by atoms with Crippen LogP contribution < -0.4 is 16.0 Å². The van der Waals surface area contributed by atoms with E-state index < -0.39 is 22.4 Å². The summed E-state index contributed by atoms with van der Waals surface area (Å²) in [6.07, 6.45) is 5.19. The Labute approximate surface area is 273 Å². The van der Waals surface area contributed by atoms with Gasteiger partial charge in [-0.3, -0.25) is 29.6 Å². The number of pyridine rings is 1. The average molecular weight is 703 g/mol. The molecule has 1 aromatic carbocycles. The highest BCUT2D eigenvalue weighted by Crippen LogP contribution is 2.40. The fourth-order valence-corrected chi connectivity index (χ4v) is 6.45. The first-order valence-electron chi connectivity index (χ1n) is 14.4. The molecule has 0 spiro atoms. The maximum Gasteiger partial charge on any atom is 0.294 e. The number of nitro groups is 1.